The van der Waals surface area contributed by atoms with Gasteiger partial charge in [0.15, 0.2) is 0 Å². The molecule has 1 amide bonds. The van der Waals surface area contributed by atoms with Crippen LogP contribution in [0.2, 0.25) is 0 Å². The van der Waals surface area contributed by atoms with Gasteiger partial charge in [0.2, 0.25) is 5.91 Å². The molecule has 40 heavy (non-hydrogen) atoms. The number of carbonyl (C=O) groups is 1. The molecule has 5 unspecified atom stereocenters. The van der Waals surface area contributed by atoms with Gasteiger partial charge in [-0.25, -0.2) is 0 Å². The quantitative estimate of drug-likeness (QED) is 0.221. The molecule has 11 atom stereocenters. The predicted molar refractivity (Wildman–Crippen MR) is 157 cm³/mol. The van der Waals surface area contributed by atoms with Gasteiger partial charge < -0.3 is 40.5 Å². The lowest BCUT2D eigenvalue weighted by atomic mass is 9.85. The van der Waals surface area contributed by atoms with Crippen molar-refractivity contribution in [3.63, 3.8) is 0 Å². The highest BCUT2D eigenvalue weighted by Crippen LogP contribution is 2.36. The number of aliphatic hydroxyl groups is 4. The number of carbonyl (C=O) groups excluding carboxylic acids is 1. The van der Waals surface area contributed by atoms with Crippen LogP contribution in [0.25, 0.3) is 0 Å². The van der Waals surface area contributed by atoms with Crippen molar-refractivity contribution in [3.05, 3.63) is 29.8 Å². The normalized spacial score (nSPS) is 36.1. The van der Waals surface area contributed by atoms with Crippen molar-refractivity contribution >= 4 is 29.4 Å². The second-order valence-electron chi connectivity index (χ2n) is 11.8. The van der Waals surface area contributed by atoms with Crippen LogP contribution in [0, 0.1) is 17.8 Å². The lowest BCUT2D eigenvalue weighted by Gasteiger charge is -2.44. The number of benzene rings is 1. The van der Waals surface area contributed by atoms with Gasteiger partial charge in [0, 0.05) is 23.3 Å². The molecular formula is C29H46N2O7S2. The van der Waals surface area contributed by atoms with E-state index in [4.69, 9.17) is 9.47 Å². The first-order valence-electron chi connectivity index (χ1n) is 14.4. The number of hydrogen-bond acceptors (Lipinski definition) is 10. The van der Waals surface area contributed by atoms with Crippen LogP contribution in [0.15, 0.2) is 29.2 Å². The molecule has 3 saturated heterocycles. The number of rotatable bonds is 10. The van der Waals surface area contributed by atoms with Crippen LogP contribution in [0.3, 0.4) is 0 Å². The van der Waals surface area contributed by atoms with Gasteiger partial charge in [-0.2, -0.15) is 0 Å². The maximum Gasteiger partial charge on any atom is 0.240 e. The van der Waals surface area contributed by atoms with Crippen LogP contribution in [0.4, 0.5) is 0 Å². The largest absolute Gasteiger partial charge is 0.392 e. The van der Waals surface area contributed by atoms with E-state index in [1.165, 1.54) is 23.5 Å². The van der Waals surface area contributed by atoms with E-state index in [0.717, 1.165) is 29.7 Å². The first-order valence-corrected chi connectivity index (χ1v) is 16.5. The summed E-state index contributed by atoms with van der Waals surface area (Å²) in [6.07, 6.45) is -0.262. The van der Waals surface area contributed by atoms with Crippen molar-refractivity contribution in [2.45, 2.75) is 105 Å². The van der Waals surface area contributed by atoms with E-state index in [0.29, 0.717) is 25.0 Å². The molecule has 0 aromatic heterocycles. The van der Waals surface area contributed by atoms with Gasteiger partial charge in [0.1, 0.15) is 35.9 Å². The van der Waals surface area contributed by atoms with Gasteiger partial charge in [-0.1, -0.05) is 32.9 Å². The van der Waals surface area contributed by atoms with Crippen molar-refractivity contribution in [1.82, 2.24) is 10.6 Å². The summed E-state index contributed by atoms with van der Waals surface area (Å²) in [4.78, 5) is 14.8. The molecule has 4 rings (SSSR count). The molecule has 6 N–H and O–H groups in total. The Hall–Kier alpha value is -0.890. The SMILES string of the molecule is CSC1OC([C@H](NC(=O)[C@H]2NC[C@@H]3C[C@H](CC(C)C)CCO[C@H]32)[C@H](C)Sc2ccc(CO)cc2)C(O)C(O)C1O. The summed E-state index contributed by atoms with van der Waals surface area (Å²) in [5.41, 5.74) is 0.0506. The third kappa shape index (κ3) is 7.54. The lowest BCUT2D eigenvalue weighted by Crippen LogP contribution is -2.65. The average molecular weight is 599 g/mol. The molecule has 0 bridgehead atoms. The van der Waals surface area contributed by atoms with Crippen molar-refractivity contribution in [3.8, 4) is 0 Å². The van der Waals surface area contributed by atoms with Gasteiger partial charge in [-0.3, -0.25) is 4.79 Å². The standard InChI is InChI=1S/C29H46N2O7S2/c1-15(2)11-18-9-10-37-26-19(12-18)13-30-22(26)28(36)31-21(16(3)40-20-7-5-17(14-32)6-8-20)27-24(34)23(33)25(35)29(38-27)39-4/h5-8,15-16,18-19,21-27,29-30,32-35H,9-14H2,1-4H3,(H,31,36)/t16-,18-,19-,21+,22-,23?,24?,25?,26+,27?,29?/m0/s1. The molecule has 1 aromatic carbocycles. The van der Waals surface area contributed by atoms with E-state index in [9.17, 15) is 25.2 Å². The third-order valence-corrected chi connectivity index (χ3v) is 10.5. The maximum atomic E-state index is 13.8. The number of thioether (sulfide) groups is 2. The summed E-state index contributed by atoms with van der Waals surface area (Å²) in [7, 11) is 0. The molecule has 11 heteroatoms. The fourth-order valence-electron chi connectivity index (χ4n) is 6.32. The van der Waals surface area contributed by atoms with Crippen molar-refractivity contribution < 1.29 is 34.7 Å². The zero-order chi connectivity index (χ0) is 29.0. The summed E-state index contributed by atoms with van der Waals surface area (Å²) >= 11 is 2.75. The molecular weight excluding hydrogens is 552 g/mol. The first kappa shape index (κ1) is 32.0. The van der Waals surface area contributed by atoms with E-state index < -0.39 is 41.9 Å². The van der Waals surface area contributed by atoms with Crippen LogP contribution in [-0.4, -0.2) is 99.0 Å². The Morgan fingerprint density at radius 3 is 2.50 bits per heavy atom. The topological polar surface area (TPSA) is 141 Å². The van der Waals surface area contributed by atoms with Crippen LogP contribution < -0.4 is 10.6 Å². The van der Waals surface area contributed by atoms with Gasteiger partial charge in [0.25, 0.3) is 0 Å². The molecule has 3 aliphatic rings. The summed E-state index contributed by atoms with van der Waals surface area (Å²) < 4.78 is 12.4. The van der Waals surface area contributed by atoms with E-state index in [2.05, 4.69) is 24.5 Å². The minimum atomic E-state index is -1.41. The molecule has 9 nitrogen and oxygen atoms in total. The number of aliphatic hydroxyl groups excluding tert-OH is 4. The van der Waals surface area contributed by atoms with Gasteiger partial charge in [0.05, 0.1) is 18.8 Å². The van der Waals surface area contributed by atoms with E-state index >= 15 is 0 Å². The fraction of sp³-hybridized carbons (Fsp3) is 0.759. The Labute approximate surface area is 246 Å². The minimum absolute atomic E-state index is 0.0472. The summed E-state index contributed by atoms with van der Waals surface area (Å²) in [6, 6.07) is 6.29. The second-order valence-corrected chi connectivity index (χ2v) is 14.2. The van der Waals surface area contributed by atoms with E-state index in [1.807, 2.05) is 31.2 Å². The molecule has 0 saturated carbocycles. The van der Waals surface area contributed by atoms with E-state index in [-0.39, 0.29) is 29.8 Å². The van der Waals surface area contributed by atoms with Crippen LogP contribution >= 0.6 is 23.5 Å². The van der Waals surface area contributed by atoms with Gasteiger partial charge in [-0.05, 0) is 61.0 Å². The maximum absolute atomic E-state index is 13.8. The van der Waals surface area contributed by atoms with Crippen LogP contribution in [0.5, 0.6) is 0 Å². The highest BCUT2D eigenvalue weighted by atomic mass is 32.2. The average Bonchev–Trinajstić information content (AvgIpc) is 3.22. The molecule has 0 aliphatic carbocycles. The molecule has 0 spiro atoms. The molecule has 0 radical (unpaired) electrons. The zero-order valence-electron chi connectivity index (χ0n) is 23.8. The lowest BCUT2D eigenvalue weighted by molar-refractivity contribution is -0.205. The highest BCUT2D eigenvalue weighted by Gasteiger charge is 2.50. The van der Waals surface area contributed by atoms with Gasteiger partial charge >= 0.3 is 0 Å². The zero-order valence-corrected chi connectivity index (χ0v) is 25.4. The van der Waals surface area contributed by atoms with Crippen molar-refractivity contribution in [2.75, 3.05) is 19.4 Å². The minimum Gasteiger partial charge on any atom is -0.392 e. The Morgan fingerprint density at radius 2 is 1.85 bits per heavy atom. The molecule has 226 valence electrons. The number of amides is 1. The smallest absolute Gasteiger partial charge is 0.240 e. The van der Waals surface area contributed by atoms with Crippen molar-refractivity contribution in [1.29, 1.82) is 0 Å². The fourth-order valence-corrected chi connectivity index (χ4v) is 8.09. The number of nitrogens with one attached hydrogen (secondary N) is 2. The van der Waals surface area contributed by atoms with E-state index in [1.54, 1.807) is 6.26 Å². The van der Waals surface area contributed by atoms with Crippen molar-refractivity contribution in [2.24, 2.45) is 17.8 Å². The predicted octanol–water partition coefficient (Wildman–Crippen LogP) is 1.74. The molecule has 1 aromatic rings. The molecule has 3 fully saturated rings. The second kappa shape index (κ2) is 14.5. The first-order chi connectivity index (χ1) is 19.1. The van der Waals surface area contributed by atoms with Crippen LogP contribution in [0.1, 0.15) is 45.6 Å². The van der Waals surface area contributed by atoms with Crippen LogP contribution in [-0.2, 0) is 20.9 Å². The number of ether oxygens (including phenoxy) is 2. The Morgan fingerprint density at radius 1 is 1.12 bits per heavy atom. The number of hydrogen-bond donors (Lipinski definition) is 6. The molecule has 3 aliphatic heterocycles. The Bertz CT molecular complexity index is 953. The molecule has 3 heterocycles. The monoisotopic (exact) mass is 598 g/mol. The Balaban J connectivity index is 1.52. The summed E-state index contributed by atoms with van der Waals surface area (Å²) in [6.45, 7) is 7.73. The highest BCUT2D eigenvalue weighted by molar-refractivity contribution is 8.00. The Kier molecular flexibility index (Phi) is 11.6. The summed E-state index contributed by atoms with van der Waals surface area (Å²) in [5, 5.41) is 47.7. The van der Waals surface area contributed by atoms with Gasteiger partial charge in [-0.15, -0.1) is 23.5 Å². The number of fused-ring (bicyclic) bond motifs is 1. The third-order valence-electron chi connectivity index (χ3n) is 8.39. The summed E-state index contributed by atoms with van der Waals surface area (Å²) in [5.74, 6) is 1.24.